The van der Waals surface area contributed by atoms with Crippen molar-refractivity contribution in [3.63, 3.8) is 0 Å². The summed E-state index contributed by atoms with van der Waals surface area (Å²) in [4.78, 5) is 12.1. The van der Waals surface area contributed by atoms with Crippen molar-refractivity contribution in [3.05, 3.63) is 15.4 Å². The van der Waals surface area contributed by atoms with Crippen LogP contribution in [0.2, 0.25) is 10.4 Å². The fourth-order valence-electron chi connectivity index (χ4n) is 0.951. The third-order valence-corrected chi connectivity index (χ3v) is 3.08. The van der Waals surface area contributed by atoms with Crippen LogP contribution in [0.5, 0.6) is 0 Å². The molecule has 0 saturated carbocycles. The Morgan fingerprint density at radius 2 is 2.00 bits per heavy atom. The van der Waals surface area contributed by atoms with Gasteiger partial charge in [-0.05, 0) is 18.5 Å². The van der Waals surface area contributed by atoms with Gasteiger partial charge in [0.15, 0.2) is 5.15 Å². The molecule has 1 atom stereocenters. The second kappa shape index (κ2) is 3.56. The van der Waals surface area contributed by atoms with E-state index >= 15 is 0 Å². The molecule has 74 valence electrons. The molecule has 0 spiro atoms. The first-order valence-electron chi connectivity index (χ1n) is 3.71. The lowest BCUT2D eigenvalue weighted by Crippen LogP contribution is -1.84. The van der Waals surface area contributed by atoms with Gasteiger partial charge < -0.3 is 0 Å². The highest BCUT2D eigenvalue weighted by Gasteiger charge is 2.14. The Labute approximate surface area is 92.9 Å². The Hall–Kier alpha value is -0.520. The summed E-state index contributed by atoms with van der Waals surface area (Å²) in [6.45, 7) is 1.40. The highest BCUT2D eigenvalue weighted by Crippen LogP contribution is 2.30. The first-order chi connectivity index (χ1) is 6.58. The fourth-order valence-corrected chi connectivity index (χ4v) is 2.35. The van der Waals surface area contributed by atoms with Crippen LogP contribution in [0.4, 0.5) is 4.39 Å². The van der Waals surface area contributed by atoms with E-state index in [0.717, 1.165) is 11.3 Å². The molecule has 0 aliphatic heterocycles. The number of halogens is 3. The number of rotatable bonds is 1. The smallest absolute Gasteiger partial charge is 0.225 e. The van der Waals surface area contributed by atoms with Gasteiger partial charge in [0.25, 0.3) is 0 Å². The zero-order valence-corrected chi connectivity index (χ0v) is 9.29. The molecule has 0 radical (unpaired) electrons. The second-order valence-corrected chi connectivity index (χ2v) is 4.31. The fraction of sp³-hybridized carbons (Fsp3) is 0.286. The van der Waals surface area contributed by atoms with Crippen molar-refractivity contribution in [1.29, 1.82) is 0 Å². The minimum absolute atomic E-state index is 0.0456. The Kier molecular flexibility index (Phi) is 2.55. The summed E-state index contributed by atoms with van der Waals surface area (Å²) in [5.41, 5.74) is 0.403. The van der Waals surface area contributed by atoms with Gasteiger partial charge in [-0.25, -0.2) is 19.3 Å². The van der Waals surface area contributed by atoms with E-state index in [0.29, 0.717) is 15.4 Å². The van der Waals surface area contributed by atoms with E-state index < -0.39 is 6.17 Å². The van der Waals surface area contributed by atoms with Crippen LogP contribution >= 0.6 is 34.5 Å². The molecule has 0 aliphatic rings. The third kappa shape index (κ3) is 1.67. The number of nitrogens with zero attached hydrogens (tertiary/aromatic N) is 3. The van der Waals surface area contributed by atoms with Crippen LogP contribution in [0.15, 0.2) is 0 Å². The van der Waals surface area contributed by atoms with Gasteiger partial charge in [0.1, 0.15) is 21.5 Å². The van der Waals surface area contributed by atoms with Gasteiger partial charge in [0.2, 0.25) is 5.28 Å². The summed E-state index contributed by atoms with van der Waals surface area (Å²) >= 11 is 12.5. The van der Waals surface area contributed by atoms with Crippen LogP contribution in [-0.2, 0) is 0 Å². The number of alkyl halides is 1. The standard InChI is InChI=1S/C7H4Cl2FN3S/c1-2(10)5-11-3-4(8)12-7(9)13-6(3)14-5/h2H,1H3. The molecular formula is C7H4Cl2FN3S. The molecular weight excluding hydrogens is 248 g/mol. The van der Waals surface area contributed by atoms with E-state index in [1.54, 1.807) is 0 Å². The molecule has 2 aromatic heterocycles. The number of hydrogen-bond donors (Lipinski definition) is 0. The van der Waals surface area contributed by atoms with Crippen LogP contribution in [-0.4, -0.2) is 15.0 Å². The van der Waals surface area contributed by atoms with Gasteiger partial charge in [-0.1, -0.05) is 22.9 Å². The Morgan fingerprint density at radius 3 is 2.64 bits per heavy atom. The first kappa shape index (κ1) is 10.0. The van der Waals surface area contributed by atoms with E-state index in [-0.39, 0.29) is 10.4 Å². The van der Waals surface area contributed by atoms with Crippen molar-refractivity contribution < 1.29 is 4.39 Å². The number of aromatic nitrogens is 3. The molecule has 0 N–H and O–H groups in total. The van der Waals surface area contributed by atoms with Crippen molar-refractivity contribution >= 4 is 44.9 Å². The van der Waals surface area contributed by atoms with Crippen molar-refractivity contribution in [1.82, 2.24) is 15.0 Å². The minimum atomic E-state index is -1.14. The van der Waals surface area contributed by atoms with E-state index in [4.69, 9.17) is 23.2 Å². The van der Waals surface area contributed by atoms with Gasteiger partial charge in [0.05, 0.1) is 0 Å². The van der Waals surface area contributed by atoms with E-state index in [2.05, 4.69) is 15.0 Å². The lowest BCUT2D eigenvalue weighted by Gasteiger charge is -1.91. The molecule has 1 unspecified atom stereocenters. The molecule has 2 aromatic rings. The van der Waals surface area contributed by atoms with Gasteiger partial charge in [-0.15, -0.1) is 0 Å². The first-order valence-corrected chi connectivity index (χ1v) is 5.28. The molecule has 2 rings (SSSR count). The lowest BCUT2D eigenvalue weighted by molar-refractivity contribution is 0.373. The van der Waals surface area contributed by atoms with Crippen molar-refractivity contribution in [3.8, 4) is 0 Å². The Morgan fingerprint density at radius 1 is 1.29 bits per heavy atom. The number of fused-ring (bicyclic) bond motifs is 1. The van der Waals surface area contributed by atoms with Crippen LogP contribution in [0, 0.1) is 0 Å². The highest BCUT2D eigenvalue weighted by atomic mass is 35.5. The second-order valence-electron chi connectivity index (χ2n) is 2.61. The average Bonchev–Trinajstić information content (AvgIpc) is 2.47. The quantitative estimate of drug-likeness (QED) is 0.576. The largest absolute Gasteiger partial charge is 0.240 e. The summed E-state index contributed by atoms with van der Waals surface area (Å²) in [7, 11) is 0. The molecule has 0 bridgehead atoms. The topological polar surface area (TPSA) is 38.7 Å². The molecule has 0 saturated heterocycles. The molecule has 0 amide bonds. The van der Waals surface area contributed by atoms with Crippen molar-refractivity contribution in [2.45, 2.75) is 13.1 Å². The predicted octanol–water partition coefficient (Wildman–Crippen LogP) is 3.42. The summed E-state index contributed by atoms with van der Waals surface area (Å²) in [5, 5.41) is 0.533. The third-order valence-electron chi connectivity index (χ3n) is 1.55. The van der Waals surface area contributed by atoms with Crippen LogP contribution in [0.25, 0.3) is 10.3 Å². The van der Waals surface area contributed by atoms with Crippen LogP contribution in [0.3, 0.4) is 0 Å². The zero-order chi connectivity index (χ0) is 10.3. The average molecular weight is 252 g/mol. The molecule has 2 heterocycles. The van der Waals surface area contributed by atoms with Crippen LogP contribution in [0.1, 0.15) is 18.1 Å². The van der Waals surface area contributed by atoms with E-state index in [1.807, 2.05) is 0 Å². The highest BCUT2D eigenvalue weighted by molar-refractivity contribution is 7.18. The van der Waals surface area contributed by atoms with Gasteiger partial charge in [0, 0.05) is 0 Å². The number of hydrogen-bond acceptors (Lipinski definition) is 4. The van der Waals surface area contributed by atoms with Gasteiger partial charge in [-0.2, -0.15) is 0 Å². The maximum atomic E-state index is 12.9. The molecule has 0 fully saturated rings. The molecule has 7 heteroatoms. The number of thiazole rings is 1. The lowest BCUT2D eigenvalue weighted by atomic mass is 10.5. The Bertz CT molecular complexity index is 485. The SMILES string of the molecule is CC(F)c1nc2c(Cl)nc(Cl)nc2s1. The maximum absolute atomic E-state index is 12.9. The van der Waals surface area contributed by atoms with Crippen molar-refractivity contribution in [2.75, 3.05) is 0 Å². The summed E-state index contributed by atoms with van der Waals surface area (Å²) < 4.78 is 12.9. The predicted molar refractivity (Wildman–Crippen MR) is 54.8 cm³/mol. The van der Waals surface area contributed by atoms with E-state index in [9.17, 15) is 4.39 Å². The van der Waals surface area contributed by atoms with Crippen LogP contribution < -0.4 is 0 Å². The molecule has 0 aromatic carbocycles. The summed E-state index contributed by atoms with van der Waals surface area (Å²) in [6.07, 6.45) is -1.14. The van der Waals surface area contributed by atoms with Gasteiger partial charge >= 0.3 is 0 Å². The summed E-state index contributed by atoms with van der Waals surface area (Å²) in [6, 6.07) is 0. The monoisotopic (exact) mass is 251 g/mol. The van der Waals surface area contributed by atoms with E-state index in [1.165, 1.54) is 6.92 Å². The minimum Gasteiger partial charge on any atom is -0.240 e. The molecule has 3 nitrogen and oxygen atoms in total. The Balaban J connectivity index is 2.70. The van der Waals surface area contributed by atoms with Crippen molar-refractivity contribution in [2.24, 2.45) is 0 Å². The summed E-state index contributed by atoms with van der Waals surface area (Å²) in [5.74, 6) is 0. The normalized spacial score (nSPS) is 13.4. The zero-order valence-electron chi connectivity index (χ0n) is 6.96. The maximum Gasteiger partial charge on any atom is 0.225 e. The molecule has 0 aliphatic carbocycles. The molecule has 14 heavy (non-hydrogen) atoms. The van der Waals surface area contributed by atoms with Gasteiger partial charge in [-0.3, -0.25) is 0 Å².